The summed E-state index contributed by atoms with van der Waals surface area (Å²) >= 11 is 0. The van der Waals surface area contributed by atoms with Crippen LogP contribution in [0.1, 0.15) is 39.2 Å². The zero-order valence-electron chi connectivity index (χ0n) is 17.4. The van der Waals surface area contributed by atoms with Crippen molar-refractivity contribution >= 4 is 8.32 Å². The molecule has 1 aromatic carbocycles. The normalized spacial score (nSPS) is 24.9. The summed E-state index contributed by atoms with van der Waals surface area (Å²) in [4.78, 5) is 0. The van der Waals surface area contributed by atoms with E-state index in [1.54, 1.807) is 0 Å². The summed E-state index contributed by atoms with van der Waals surface area (Å²) in [5.41, 5.74) is 1.12. The average molecular weight is 397 g/mol. The molecule has 1 aromatic rings. The lowest BCUT2D eigenvalue weighted by atomic mass is 10.1. The molecule has 0 aromatic heterocycles. The van der Waals surface area contributed by atoms with E-state index in [4.69, 9.17) is 13.9 Å². The van der Waals surface area contributed by atoms with Crippen molar-refractivity contribution in [3.63, 3.8) is 0 Å². The molecule has 0 radical (unpaired) electrons. The van der Waals surface area contributed by atoms with Gasteiger partial charge in [0.15, 0.2) is 8.32 Å². The summed E-state index contributed by atoms with van der Waals surface area (Å²) in [6.07, 6.45) is -0.370. The van der Waals surface area contributed by atoms with Crippen LogP contribution in [0.4, 0.5) is 0 Å². The van der Waals surface area contributed by atoms with Gasteiger partial charge in [-0.05, 0) is 30.1 Å². The van der Waals surface area contributed by atoms with Crippen LogP contribution in [0.5, 0.6) is 0 Å². The molecule has 6 heteroatoms. The number of hydrogen-bond acceptors (Lipinski definition) is 5. The van der Waals surface area contributed by atoms with Gasteiger partial charge in [0.1, 0.15) is 6.10 Å². The Labute approximate surface area is 164 Å². The van der Waals surface area contributed by atoms with Crippen LogP contribution in [0.3, 0.4) is 0 Å². The van der Waals surface area contributed by atoms with Gasteiger partial charge in [0.2, 0.25) is 0 Å². The molecule has 1 aliphatic heterocycles. The molecular weight excluding hydrogens is 360 g/mol. The zero-order chi connectivity index (χ0) is 20.1. The second-order valence-corrected chi connectivity index (χ2v) is 13.7. The first-order valence-electron chi connectivity index (χ1n) is 9.88. The lowest BCUT2D eigenvalue weighted by molar-refractivity contribution is -0.0679. The van der Waals surface area contributed by atoms with Gasteiger partial charge >= 0.3 is 0 Å². The molecule has 5 nitrogen and oxygen atoms in total. The number of ether oxygens (including phenoxy) is 2. The van der Waals surface area contributed by atoms with E-state index in [0.29, 0.717) is 26.1 Å². The van der Waals surface area contributed by atoms with Gasteiger partial charge in [-0.3, -0.25) is 0 Å². The summed E-state index contributed by atoms with van der Waals surface area (Å²) in [5.74, 6) is 0. The summed E-state index contributed by atoms with van der Waals surface area (Å²) in [6, 6.07) is 9.98. The van der Waals surface area contributed by atoms with Crippen molar-refractivity contribution in [1.82, 2.24) is 0 Å². The molecule has 0 saturated carbocycles. The summed E-state index contributed by atoms with van der Waals surface area (Å²) in [7, 11) is -1.96. The lowest BCUT2D eigenvalue weighted by Gasteiger charge is -2.39. The molecule has 0 bridgehead atoms. The Kier molecular flexibility index (Phi) is 8.03. The molecule has 1 aliphatic rings. The van der Waals surface area contributed by atoms with E-state index in [9.17, 15) is 10.2 Å². The molecule has 2 rings (SSSR count). The molecule has 4 atom stereocenters. The zero-order valence-corrected chi connectivity index (χ0v) is 18.4. The second kappa shape index (κ2) is 9.63. The van der Waals surface area contributed by atoms with E-state index < -0.39 is 14.4 Å². The van der Waals surface area contributed by atoms with Gasteiger partial charge < -0.3 is 24.1 Å². The SMILES string of the molecule is CC(C)(C)[Si](C)(C)O[C@H]1C[C@@H]([C@@H](O)CCOCc2ccccc2)O[C@@H]1CO. The molecule has 2 N–H and O–H groups in total. The third-order valence-electron chi connectivity index (χ3n) is 5.76. The standard InChI is InChI=1S/C21H36O5Si/c1-21(2,3)27(4,5)26-19-13-18(25-20(19)14-22)17(23)11-12-24-15-16-9-7-6-8-10-16/h6-10,17-20,22-23H,11-15H2,1-5H3/t17-,18-,19-,20+/m0/s1. The molecular formula is C21H36O5Si. The smallest absolute Gasteiger partial charge is 0.192 e. The highest BCUT2D eigenvalue weighted by Gasteiger charge is 2.45. The van der Waals surface area contributed by atoms with Gasteiger partial charge in [-0.15, -0.1) is 0 Å². The van der Waals surface area contributed by atoms with Crippen molar-refractivity contribution in [2.75, 3.05) is 13.2 Å². The summed E-state index contributed by atoms with van der Waals surface area (Å²) in [5, 5.41) is 20.3. The Morgan fingerprint density at radius 3 is 2.48 bits per heavy atom. The first-order chi connectivity index (χ1) is 12.6. The van der Waals surface area contributed by atoms with Crippen molar-refractivity contribution in [3.05, 3.63) is 35.9 Å². The minimum Gasteiger partial charge on any atom is -0.411 e. The van der Waals surface area contributed by atoms with Gasteiger partial charge in [-0.1, -0.05) is 51.1 Å². The Morgan fingerprint density at radius 1 is 1.22 bits per heavy atom. The monoisotopic (exact) mass is 396 g/mol. The highest BCUT2D eigenvalue weighted by Crippen LogP contribution is 2.40. The molecule has 1 heterocycles. The average Bonchev–Trinajstić information content (AvgIpc) is 3.01. The summed E-state index contributed by atoms with van der Waals surface area (Å²) in [6.45, 7) is 11.9. The molecule has 1 saturated heterocycles. The third-order valence-corrected chi connectivity index (χ3v) is 10.3. The predicted molar refractivity (Wildman–Crippen MR) is 109 cm³/mol. The topological polar surface area (TPSA) is 68.2 Å². The van der Waals surface area contributed by atoms with Gasteiger partial charge in [0.25, 0.3) is 0 Å². The van der Waals surface area contributed by atoms with Gasteiger partial charge in [0.05, 0.1) is 31.5 Å². The van der Waals surface area contributed by atoms with Gasteiger partial charge in [0, 0.05) is 13.0 Å². The van der Waals surface area contributed by atoms with E-state index >= 15 is 0 Å². The number of hydrogen-bond donors (Lipinski definition) is 2. The largest absolute Gasteiger partial charge is 0.411 e. The van der Waals surface area contributed by atoms with E-state index in [2.05, 4.69) is 33.9 Å². The van der Waals surface area contributed by atoms with Gasteiger partial charge in [-0.25, -0.2) is 0 Å². The predicted octanol–water partition coefficient (Wildman–Crippen LogP) is 3.49. The lowest BCUT2D eigenvalue weighted by Crippen LogP contribution is -2.46. The van der Waals surface area contributed by atoms with Crippen molar-refractivity contribution in [2.45, 2.75) is 82.8 Å². The van der Waals surface area contributed by atoms with Crippen molar-refractivity contribution in [3.8, 4) is 0 Å². The van der Waals surface area contributed by atoms with Gasteiger partial charge in [-0.2, -0.15) is 0 Å². The van der Waals surface area contributed by atoms with Crippen LogP contribution in [-0.4, -0.2) is 56.2 Å². The minimum absolute atomic E-state index is 0.0903. The van der Waals surface area contributed by atoms with Crippen LogP contribution < -0.4 is 0 Å². The number of aliphatic hydroxyl groups excluding tert-OH is 2. The van der Waals surface area contributed by atoms with E-state index in [-0.39, 0.29) is 30.0 Å². The Bertz CT molecular complexity index is 557. The molecule has 0 amide bonds. The first kappa shape index (κ1) is 22.5. The third kappa shape index (κ3) is 6.37. The molecule has 0 aliphatic carbocycles. The summed E-state index contributed by atoms with van der Waals surface area (Å²) < 4.78 is 18.0. The molecule has 154 valence electrons. The highest BCUT2D eigenvalue weighted by molar-refractivity contribution is 6.74. The molecule has 0 spiro atoms. The van der Waals surface area contributed by atoms with Crippen LogP contribution in [0, 0.1) is 0 Å². The number of benzene rings is 1. The van der Waals surface area contributed by atoms with Crippen molar-refractivity contribution in [2.24, 2.45) is 0 Å². The maximum absolute atomic E-state index is 10.5. The maximum Gasteiger partial charge on any atom is 0.192 e. The van der Waals surface area contributed by atoms with E-state index in [1.165, 1.54) is 0 Å². The fraction of sp³-hybridized carbons (Fsp3) is 0.714. The Hall–Kier alpha value is -0.763. The Morgan fingerprint density at radius 2 is 1.89 bits per heavy atom. The maximum atomic E-state index is 10.5. The van der Waals surface area contributed by atoms with Crippen LogP contribution in [0.25, 0.3) is 0 Å². The van der Waals surface area contributed by atoms with Crippen LogP contribution in [0.2, 0.25) is 18.1 Å². The Balaban J connectivity index is 1.80. The van der Waals surface area contributed by atoms with Crippen molar-refractivity contribution in [1.29, 1.82) is 0 Å². The second-order valence-electron chi connectivity index (χ2n) is 8.94. The molecule has 27 heavy (non-hydrogen) atoms. The van der Waals surface area contributed by atoms with Crippen LogP contribution in [-0.2, 0) is 20.5 Å². The van der Waals surface area contributed by atoms with Crippen LogP contribution in [0.15, 0.2) is 30.3 Å². The fourth-order valence-electron chi connectivity index (χ4n) is 2.99. The van der Waals surface area contributed by atoms with Crippen molar-refractivity contribution < 1.29 is 24.1 Å². The molecule has 0 unspecified atom stereocenters. The minimum atomic E-state index is -1.96. The number of aliphatic hydroxyl groups is 2. The fourth-order valence-corrected chi connectivity index (χ4v) is 4.35. The van der Waals surface area contributed by atoms with Crippen LogP contribution >= 0.6 is 0 Å². The van der Waals surface area contributed by atoms with E-state index in [0.717, 1.165) is 5.56 Å². The number of rotatable bonds is 9. The molecule has 1 fully saturated rings. The van der Waals surface area contributed by atoms with E-state index in [1.807, 2.05) is 30.3 Å². The first-order valence-corrected chi connectivity index (χ1v) is 12.8. The highest BCUT2D eigenvalue weighted by atomic mass is 28.4. The quantitative estimate of drug-likeness (QED) is 0.494.